The molecule has 0 aliphatic carbocycles. The summed E-state index contributed by atoms with van der Waals surface area (Å²) in [6, 6.07) is 10.3. The second kappa shape index (κ2) is 5.65. The average Bonchev–Trinajstić information content (AvgIpc) is 2.28. The summed E-state index contributed by atoms with van der Waals surface area (Å²) < 4.78 is 1.98. The van der Waals surface area contributed by atoms with E-state index in [2.05, 4.69) is 67.3 Å². The van der Waals surface area contributed by atoms with Crippen molar-refractivity contribution in [1.82, 2.24) is 4.98 Å². The van der Waals surface area contributed by atoms with E-state index >= 15 is 0 Å². The maximum atomic E-state index is 4.36. The number of pyridine rings is 1. The van der Waals surface area contributed by atoms with Gasteiger partial charge in [-0.25, -0.2) is 0 Å². The Labute approximate surface area is 118 Å². The van der Waals surface area contributed by atoms with Gasteiger partial charge < -0.3 is 5.32 Å². The van der Waals surface area contributed by atoms with Gasteiger partial charge >= 0.3 is 0 Å². The van der Waals surface area contributed by atoms with Crippen LogP contribution in [-0.4, -0.2) is 4.98 Å². The van der Waals surface area contributed by atoms with Crippen LogP contribution < -0.4 is 5.32 Å². The first kappa shape index (κ1) is 12.6. The molecule has 2 rings (SSSR count). The Hall–Kier alpha value is -0.870. The Morgan fingerprint density at radius 2 is 2.06 bits per heavy atom. The molecule has 2 aromatic rings. The van der Waals surface area contributed by atoms with E-state index in [0.29, 0.717) is 6.54 Å². The largest absolute Gasteiger partial charge is 0.379 e. The molecule has 0 spiro atoms. The maximum Gasteiger partial charge on any atom is 0.0737 e. The summed E-state index contributed by atoms with van der Waals surface area (Å²) in [4.78, 5) is 4.36. The summed E-state index contributed by atoms with van der Waals surface area (Å²) in [7, 11) is 0. The van der Waals surface area contributed by atoms with Crippen molar-refractivity contribution in [1.29, 1.82) is 0 Å². The molecule has 1 N–H and O–H groups in total. The third-order valence-electron chi connectivity index (χ3n) is 2.36. The highest BCUT2D eigenvalue weighted by molar-refractivity contribution is 9.11. The molecule has 0 saturated carbocycles. The van der Waals surface area contributed by atoms with Crippen LogP contribution in [0.3, 0.4) is 0 Å². The lowest BCUT2D eigenvalue weighted by molar-refractivity contribution is 1.03. The van der Waals surface area contributed by atoms with Gasteiger partial charge in [0.15, 0.2) is 0 Å². The van der Waals surface area contributed by atoms with Crippen molar-refractivity contribution in [3.05, 3.63) is 56.7 Å². The molecule has 88 valence electrons. The Kier molecular flexibility index (Phi) is 4.18. The molecule has 4 heteroatoms. The molecule has 0 saturated heterocycles. The third kappa shape index (κ3) is 3.54. The Morgan fingerprint density at radius 1 is 1.24 bits per heavy atom. The first-order chi connectivity index (χ1) is 8.15. The van der Waals surface area contributed by atoms with Gasteiger partial charge in [0.25, 0.3) is 0 Å². The lowest BCUT2D eigenvalue weighted by Crippen LogP contribution is -2.02. The molecule has 0 amide bonds. The Bertz CT molecular complexity index is 527. The van der Waals surface area contributed by atoms with Crippen molar-refractivity contribution in [2.75, 3.05) is 5.32 Å². The van der Waals surface area contributed by atoms with Crippen LogP contribution >= 0.6 is 31.9 Å². The van der Waals surface area contributed by atoms with Gasteiger partial charge in [0.1, 0.15) is 0 Å². The number of benzene rings is 1. The molecule has 1 heterocycles. The van der Waals surface area contributed by atoms with E-state index in [0.717, 1.165) is 20.3 Å². The maximum absolute atomic E-state index is 4.36. The van der Waals surface area contributed by atoms with Crippen LogP contribution in [0.15, 0.2) is 45.5 Å². The van der Waals surface area contributed by atoms with Crippen LogP contribution in [0, 0.1) is 6.92 Å². The summed E-state index contributed by atoms with van der Waals surface area (Å²) in [5, 5.41) is 3.35. The number of nitrogens with zero attached hydrogens (tertiary/aromatic N) is 1. The Balaban J connectivity index is 2.07. The number of hydrogen-bond acceptors (Lipinski definition) is 2. The van der Waals surface area contributed by atoms with Crippen LogP contribution in [0.5, 0.6) is 0 Å². The van der Waals surface area contributed by atoms with Crippen molar-refractivity contribution in [3.8, 4) is 0 Å². The van der Waals surface area contributed by atoms with Crippen LogP contribution in [0.25, 0.3) is 0 Å². The molecule has 0 radical (unpaired) electrons. The lowest BCUT2D eigenvalue weighted by Gasteiger charge is -2.08. The van der Waals surface area contributed by atoms with Gasteiger partial charge in [0.2, 0.25) is 0 Å². The number of anilines is 1. The van der Waals surface area contributed by atoms with Gasteiger partial charge in [0, 0.05) is 20.8 Å². The highest BCUT2D eigenvalue weighted by atomic mass is 79.9. The number of halogens is 2. The SMILES string of the molecule is Cc1cccc(NCc2ncc(Br)cc2Br)c1. The molecule has 1 aromatic carbocycles. The second-order valence-electron chi connectivity index (χ2n) is 3.81. The topological polar surface area (TPSA) is 24.9 Å². The van der Waals surface area contributed by atoms with Gasteiger partial charge in [0.05, 0.1) is 12.2 Å². The van der Waals surface area contributed by atoms with Crippen molar-refractivity contribution in [2.24, 2.45) is 0 Å². The van der Waals surface area contributed by atoms with Crippen LogP contribution in [0.4, 0.5) is 5.69 Å². The van der Waals surface area contributed by atoms with Gasteiger partial charge in [-0.3, -0.25) is 4.98 Å². The van der Waals surface area contributed by atoms with Crippen molar-refractivity contribution in [2.45, 2.75) is 13.5 Å². The molecule has 0 atom stereocenters. The zero-order chi connectivity index (χ0) is 12.3. The van der Waals surface area contributed by atoms with Gasteiger partial charge in [-0.2, -0.15) is 0 Å². The molecule has 2 nitrogen and oxygen atoms in total. The highest BCUT2D eigenvalue weighted by Gasteiger charge is 2.02. The number of nitrogens with one attached hydrogen (secondary N) is 1. The number of hydrogen-bond donors (Lipinski definition) is 1. The number of rotatable bonds is 3. The molecule has 17 heavy (non-hydrogen) atoms. The molecular formula is C13H12Br2N2. The van der Waals surface area contributed by atoms with Gasteiger partial charge in [-0.05, 0) is 62.5 Å². The first-order valence-corrected chi connectivity index (χ1v) is 6.84. The first-order valence-electron chi connectivity index (χ1n) is 5.25. The fourth-order valence-electron chi connectivity index (χ4n) is 1.51. The van der Waals surface area contributed by atoms with Crippen LogP contribution in [0.2, 0.25) is 0 Å². The minimum absolute atomic E-state index is 0.706. The third-order valence-corrected chi connectivity index (χ3v) is 3.48. The fourth-order valence-corrected chi connectivity index (χ4v) is 2.64. The van der Waals surface area contributed by atoms with Gasteiger partial charge in [-0.1, -0.05) is 12.1 Å². The summed E-state index contributed by atoms with van der Waals surface area (Å²) in [6.45, 7) is 2.79. The minimum Gasteiger partial charge on any atom is -0.379 e. The van der Waals surface area contributed by atoms with Crippen LogP contribution in [0.1, 0.15) is 11.3 Å². The fraction of sp³-hybridized carbons (Fsp3) is 0.154. The summed E-state index contributed by atoms with van der Waals surface area (Å²) >= 11 is 6.89. The normalized spacial score (nSPS) is 10.3. The van der Waals surface area contributed by atoms with Crippen LogP contribution in [-0.2, 0) is 6.54 Å². The molecule has 1 aromatic heterocycles. The molecule has 0 unspecified atom stereocenters. The zero-order valence-corrected chi connectivity index (χ0v) is 12.5. The number of aromatic nitrogens is 1. The zero-order valence-electron chi connectivity index (χ0n) is 9.37. The molecule has 0 bridgehead atoms. The molecule has 0 fully saturated rings. The summed E-state index contributed by atoms with van der Waals surface area (Å²) in [6.07, 6.45) is 1.80. The standard InChI is InChI=1S/C13H12Br2N2/c1-9-3-2-4-11(5-9)16-8-13-12(15)6-10(14)7-17-13/h2-7,16H,8H2,1H3. The van der Waals surface area contributed by atoms with Crippen molar-refractivity contribution in [3.63, 3.8) is 0 Å². The monoisotopic (exact) mass is 354 g/mol. The predicted molar refractivity (Wildman–Crippen MR) is 78.1 cm³/mol. The quantitative estimate of drug-likeness (QED) is 0.875. The van der Waals surface area contributed by atoms with E-state index in [1.54, 1.807) is 6.20 Å². The lowest BCUT2D eigenvalue weighted by atomic mass is 10.2. The van der Waals surface area contributed by atoms with E-state index in [-0.39, 0.29) is 0 Å². The van der Waals surface area contributed by atoms with Crippen molar-refractivity contribution < 1.29 is 0 Å². The van der Waals surface area contributed by atoms with E-state index in [1.807, 2.05) is 12.1 Å². The second-order valence-corrected chi connectivity index (χ2v) is 5.58. The predicted octanol–water partition coefficient (Wildman–Crippen LogP) is 4.53. The molecule has 0 aliphatic heterocycles. The smallest absolute Gasteiger partial charge is 0.0737 e. The highest BCUT2D eigenvalue weighted by Crippen LogP contribution is 2.20. The molecular weight excluding hydrogens is 344 g/mol. The van der Waals surface area contributed by atoms with Gasteiger partial charge in [-0.15, -0.1) is 0 Å². The average molecular weight is 356 g/mol. The number of aryl methyl sites for hydroxylation is 1. The summed E-state index contributed by atoms with van der Waals surface area (Å²) in [5.74, 6) is 0. The van der Waals surface area contributed by atoms with Crippen molar-refractivity contribution >= 4 is 37.5 Å². The van der Waals surface area contributed by atoms with E-state index in [4.69, 9.17) is 0 Å². The van der Waals surface area contributed by atoms with E-state index in [1.165, 1.54) is 5.56 Å². The van der Waals surface area contributed by atoms with E-state index < -0.39 is 0 Å². The molecule has 0 aliphatic rings. The van der Waals surface area contributed by atoms with E-state index in [9.17, 15) is 0 Å². The Morgan fingerprint density at radius 3 is 2.76 bits per heavy atom. The summed E-state index contributed by atoms with van der Waals surface area (Å²) in [5.41, 5.74) is 3.36. The minimum atomic E-state index is 0.706.